The molecule has 1 aliphatic rings. The van der Waals surface area contributed by atoms with Crippen molar-refractivity contribution in [2.45, 2.75) is 18.9 Å². The number of aliphatic hydroxyl groups is 1. The Morgan fingerprint density at radius 3 is 2.19 bits per heavy atom. The van der Waals surface area contributed by atoms with E-state index in [9.17, 15) is 5.11 Å². The monoisotopic (exact) mass is 220 g/mol. The van der Waals surface area contributed by atoms with Crippen LogP contribution in [0.15, 0.2) is 24.3 Å². The lowest BCUT2D eigenvalue weighted by molar-refractivity contribution is 0.145. The van der Waals surface area contributed by atoms with Crippen LogP contribution in [0.2, 0.25) is 0 Å². The van der Waals surface area contributed by atoms with Crippen LogP contribution in [0.5, 0.6) is 0 Å². The molecule has 1 aromatic rings. The topological polar surface area (TPSA) is 26.7 Å². The molecule has 0 amide bonds. The minimum absolute atomic E-state index is 0.0997. The summed E-state index contributed by atoms with van der Waals surface area (Å²) in [7, 11) is 4.10. The molecule has 1 saturated heterocycles. The average Bonchev–Trinajstić information content (AvgIpc) is 2.30. The highest BCUT2D eigenvalue weighted by Gasteiger charge is 2.16. The molecule has 3 heteroatoms. The van der Waals surface area contributed by atoms with E-state index in [4.69, 9.17) is 0 Å². The number of benzene rings is 1. The van der Waals surface area contributed by atoms with Gasteiger partial charge in [0.2, 0.25) is 0 Å². The number of hydrogen-bond donors (Lipinski definition) is 1. The predicted molar refractivity (Wildman–Crippen MR) is 68.2 cm³/mol. The van der Waals surface area contributed by atoms with Crippen molar-refractivity contribution in [3.8, 4) is 0 Å². The molecule has 0 radical (unpaired) electrons. The van der Waals surface area contributed by atoms with Crippen molar-refractivity contribution in [3.05, 3.63) is 24.3 Å². The molecule has 1 fully saturated rings. The van der Waals surface area contributed by atoms with Gasteiger partial charge in [-0.3, -0.25) is 0 Å². The first-order valence-electron chi connectivity index (χ1n) is 5.87. The normalized spacial score (nSPS) is 17.6. The van der Waals surface area contributed by atoms with Gasteiger partial charge in [0.15, 0.2) is 0 Å². The Hall–Kier alpha value is -1.22. The SMILES string of the molecule is CN(C)c1ccc(N2CCC(O)CC2)cc1. The number of rotatable bonds is 2. The molecule has 0 aromatic heterocycles. The van der Waals surface area contributed by atoms with Gasteiger partial charge in [-0.1, -0.05) is 0 Å². The van der Waals surface area contributed by atoms with Crippen molar-refractivity contribution in [1.82, 2.24) is 0 Å². The molecular formula is C13H20N2O. The minimum Gasteiger partial charge on any atom is -0.393 e. The lowest BCUT2D eigenvalue weighted by Gasteiger charge is -2.31. The summed E-state index contributed by atoms with van der Waals surface area (Å²) >= 11 is 0. The fourth-order valence-electron chi connectivity index (χ4n) is 2.09. The molecule has 0 saturated carbocycles. The zero-order valence-electron chi connectivity index (χ0n) is 10.1. The summed E-state index contributed by atoms with van der Waals surface area (Å²) in [4.78, 5) is 4.44. The van der Waals surface area contributed by atoms with E-state index in [0.717, 1.165) is 25.9 Å². The van der Waals surface area contributed by atoms with Gasteiger partial charge in [0, 0.05) is 38.6 Å². The third kappa shape index (κ3) is 2.47. The van der Waals surface area contributed by atoms with Crippen LogP contribution >= 0.6 is 0 Å². The lowest BCUT2D eigenvalue weighted by Crippen LogP contribution is -2.35. The van der Waals surface area contributed by atoms with Gasteiger partial charge in [-0.15, -0.1) is 0 Å². The van der Waals surface area contributed by atoms with Crippen LogP contribution in [-0.2, 0) is 0 Å². The standard InChI is InChI=1S/C13H20N2O/c1-14(2)11-3-5-12(6-4-11)15-9-7-13(16)8-10-15/h3-6,13,16H,7-10H2,1-2H3. The van der Waals surface area contributed by atoms with Gasteiger partial charge in [-0.2, -0.15) is 0 Å². The van der Waals surface area contributed by atoms with Gasteiger partial charge in [0.05, 0.1) is 6.10 Å². The third-order valence-corrected chi connectivity index (χ3v) is 3.20. The summed E-state index contributed by atoms with van der Waals surface area (Å²) in [6.07, 6.45) is 1.67. The molecular weight excluding hydrogens is 200 g/mol. The van der Waals surface area contributed by atoms with Gasteiger partial charge in [0.1, 0.15) is 0 Å². The summed E-state index contributed by atoms with van der Waals surface area (Å²) in [5.74, 6) is 0. The lowest BCUT2D eigenvalue weighted by atomic mass is 10.1. The van der Waals surface area contributed by atoms with Crippen LogP contribution in [0.3, 0.4) is 0 Å². The molecule has 0 aliphatic carbocycles. The Balaban J connectivity index is 2.04. The number of nitrogens with zero attached hydrogens (tertiary/aromatic N) is 2. The molecule has 1 aromatic carbocycles. The Morgan fingerprint density at radius 1 is 1.12 bits per heavy atom. The zero-order valence-corrected chi connectivity index (χ0v) is 10.1. The predicted octanol–water partition coefficient (Wildman–Crippen LogP) is 1.71. The first-order valence-corrected chi connectivity index (χ1v) is 5.87. The van der Waals surface area contributed by atoms with Crippen molar-refractivity contribution < 1.29 is 5.11 Å². The quantitative estimate of drug-likeness (QED) is 0.822. The van der Waals surface area contributed by atoms with E-state index in [2.05, 4.69) is 34.1 Å². The molecule has 1 heterocycles. The Morgan fingerprint density at radius 2 is 1.69 bits per heavy atom. The van der Waals surface area contributed by atoms with Crippen LogP contribution < -0.4 is 9.80 Å². The maximum atomic E-state index is 9.46. The Labute approximate surface area is 97.3 Å². The van der Waals surface area contributed by atoms with Crippen LogP contribution in [0.1, 0.15) is 12.8 Å². The molecule has 1 N–H and O–H groups in total. The van der Waals surface area contributed by atoms with E-state index in [1.54, 1.807) is 0 Å². The number of aliphatic hydroxyl groups excluding tert-OH is 1. The largest absolute Gasteiger partial charge is 0.393 e. The summed E-state index contributed by atoms with van der Waals surface area (Å²) < 4.78 is 0. The molecule has 0 bridgehead atoms. The van der Waals surface area contributed by atoms with E-state index >= 15 is 0 Å². The highest BCUT2D eigenvalue weighted by atomic mass is 16.3. The van der Waals surface area contributed by atoms with Gasteiger partial charge >= 0.3 is 0 Å². The van der Waals surface area contributed by atoms with Crippen molar-refractivity contribution in [2.24, 2.45) is 0 Å². The maximum Gasteiger partial charge on any atom is 0.0574 e. The number of hydrogen-bond acceptors (Lipinski definition) is 3. The van der Waals surface area contributed by atoms with Crippen LogP contribution in [0.25, 0.3) is 0 Å². The van der Waals surface area contributed by atoms with E-state index in [1.165, 1.54) is 11.4 Å². The number of piperidine rings is 1. The molecule has 0 spiro atoms. The third-order valence-electron chi connectivity index (χ3n) is 3.20. The highest BCUT2D eigenvalue weighted by molar-refractivity contribution is 5.55. The van der Waals surface area contributed by atoms with Gasteiger partial charge < -0.3 is 14.9 Å². The van der Waals surface area contributed by atoms with E-state index in [1.807, 2.05) is 14.1 Å². The molecule has 2 rings (SSSR count). The maximum absolute atomic E-state index is 9.46. The van der Waals surface area contributed by atoms with Crippen molar-refractivity contribution in [2.75, 3.05) is 37.0 Å². The van der Waals surface area contributed by atoms with Crippen LogP contribution in [-0.4, -0.2) is 38.4 Å². The molecule has 3 nitrogen and oxygen atoms in total. The van der Waals surface area contributed by atoms with Gasteiger partial charge in [0.25, 0.3) is 0 Å². The fraction of sp³-hybridized carbons (Fsp3) is 0.538. The summed E-state index contributed by atoms with van der Waals surface area (Å²) in [6, 6.07) is 8.60. The average molecular weight is 220 g/mol. The Bertz CT molecular complexity index is 326. The smallest absolute Gasteiger partial charge is 0.0574 e. The molecule has 0 unspecified atom stereocenters. The molecule has 16 heavy (non-hydrogen) atoms. The van der Waals surface area contributed by atoms with Crippen molar-refractivity contribution >= 4 is 11.4 Å². The minimum atomic E-state index is -0.0997. The highest BCUT2D eigenvalue weighted by Crippen LogP contribution is 2.22. The zero-order chi connectivity index (χ0) is 11.5. The second-order valence-electron chi connectivity index (χ2n) is 4.63. The molecule has 0 atom stereocenters. The first kappa shape index (κ1) is 11.3. The summed E-state index contributed by atoms with van der Waals surface area (Å²) in [5.41, 5.74) is 2.48. The van der Waals surface area contributed by atoms with Gasteiger partial charge in [-0.25, -0.2) is 0 Å². The fourth-order valence-corrected chi connectivity index (χ4v) is 2.09. The Kier molecular flexibility index (Phi) is 3.34. The van der Waals surface area contributed by atoms with Crippen molar-refractivity contribution in [1.29, 1.82) is 0 Å². The van der Waals surface area contributed by atoms with Crippen LogP contribution in [0, 0.1) is 0 Å². The second kappa shape index (κ2) is 4.74. The van der Waals surface area contributed by atoms with Crippen molar-refractivity contribution in [3.63, 3.8) is 0 Å². The van der Waals surface area contributed by atoms with Crippen LogP contribution in [0.4, 0.5) is 11.4 Å². The summed E-state index contributed by atoms with van der Waals surface area (Å²) in [6.45, 7) is 1.92. The van der Waals surface area contributed by atoms with E-state index in [-0.39, 0.29) is 6.10 Å². The molecule has 88 valence electrons. The second-order valence-corrected chi connectivity index (χ2v) is 4.63. The molecule has 1 aliphatic heterocycles. The first-order chi connectivity index (χ1) is 7.66. The van der Waals surface area contributed by atoms with E-state index < -0.39 is 0 Å². The van der Waals surface area contributed by atoms with Gasteiger partial charge in [-0.05, 0) is 37.1 Å². The number of anilines is 2. The van der Waals surface area contributed by atoms with E-state index in [0.29, 0.717) is 0 Å². The summed E-state index contributed by atoms with van der Waals surface area (Å²) in [5, 5.41) is 9.46.